The third-order valence-electron chi connectivity index (χ3n) is 4.68. The summed E-state index contributed by atoms with van der Waals surface area (Å²) in [4.78, 5) is 14.5. The number of nitrogens with zero attached hydrogens (tertiary/aromatic N) is 5. The van der Waals surface area contributed by atoms with Crippen molar-refractivity contribution in [3.8, 4) is 28.4 Å². The average Bonchev–Trinajstić information content (AvgIpc) is 3.47. The first-order valence-corrected chi connectivity index (χ1v) is 11.0. The number of thiazole rings is 1. The van der Waals surface area contributed by atoms with Gasteiger partial charge in [0.25, 0.3) is 0 Å². The van der Waals surface area contributed by atoms with E-state index in [1.54, 1.807) is 24.4 Å². The normalized spacial score (nSPS) is 14.6. The van der Waals surface area contributed by atoms with E-state index in [2.05, 4.69) is 29.3 Å². The molecule has 4 aromatic rings. The van der Waals surface area contributed by atoms with Crippen molar-refractivity contribution in [2.45, 2.75) is 0 Å². The lowest BCUT2D eigenvalue weighted by Gasteiger charge is -2.12. The molecule has 0 bridgehead atoms. The lowest BCUT2D eigenvalue weighted by atomic mass is 10.1. The number of rotatable bonds is 6. The summed E-state index contributed by atoms with van der Waals surface area (Å²) in [6.45, 7) is 3.58. The molecule has 0 spiro atoms. The molecule has 11 heteroatoms. The van der Waals surface area contributed by atoms with Crippen LogP contribution in [0.15, 0.2) is 42.0 Å². The minimum Gasteiger partial charge on any atom is -0.505 e. The third kappa shape index (κ3) is 3.72. The number of benzene rings is 1. The topological polar surface area (TPSA) is 90.6 Å². The predicted molar refractivity (Wildman–Crippen MR) is 117 cm³/mol. The number of anilines is 1. The van der Waals surface area contributed by atoms with Crippen LogP contribution >= 0.6 is 23.5 Å². The van der Waals surface area contributed by atoms with Gasteiger partial charge >= 0.3 is 0 Å². The van der Waals surface area contributed by atoms with Gasteiger partial charge in [0.1, 0.15) is 5.69 Å². The zero-order valence-electron chi connectivity index (χ0n) is 15.7. The summed E-state index contributed by atoms with van der Waals surface area (Å²) in [7, 11) is 0. The van der Waals surface area contributed by atoms with Crippen LogP contribution in [0, 0.1) is 5.82 Å². The zero-order chi connectivity index (χ0) is 20.5. The van der Waals surface area contributed by atoms with Crippen LogP contribution in [0.25, 0.3) is 27.6 Å². The van der Waals surface area contributed by atoms with Gasteiger partial charge in [-0.1, -0.05) is 0 Å². The Kier molecular flexibility index (Phi) is 5.25. The maximum absolute atomic E-state index is 13.6. The summed E-state index contributed by atoms with van der Waals surface area (Å²) in [5.41, 5.74) is 2.70. The number of fused-ring (bicyclic) bond motifs is 1. The molecule has 3 aromatic heterocycles. The molecule has 0 atom stereocenters. The van der Waals surface area contributed by atoms with Crippen LogP contribution in [-0.4, -0.2) is 54.9 Å². The van der Waals surface area contributed by atoms with Crippen LogP contribution in [0.4, 0.5) is 10.3 Å². The molecule has 154 valence electrons. The van der Waals surface area contributed by atoms with Gasteiger partial charge in [-0.05, 0) is 24.3 Å². The summed E-state index contributed by atoms with van der Waals surface area (Å²) in [5.74, 6) is -0.543. The lowest BCUT2D eigenvalue weighted by Crippen LogP contribution is -2.22. The second-order valence-corrected chi connectivity index (χ2v) is 8.50. The van der Waals surface area contributed by atoms with Gasteiger partial charge < -0.3 is 10.4 Å². The van der Waals surface area contributed by atoms with E-state index < -0.39 is 11.6 Å². The summed E-state index contributed by atoms with van der Waals surface area (Å²) in [6.07, 6.45) is 3.62. The molecule has 0 unspecified atom stereocenters. The number of hydrogen-bond donors (Lipinski definition) is 3. The molecular formula is C19H18FN7OS2. The number of phenols is 1. The first kappa shape index (κ1) is 19.2. The first-order chi connectivity index (χ1) is 14.7. The van der Waals surface area contributed by atoms with E-state index >= 15 is 0 Å². The van der Waals surface area contributed by atoms with Gasteiger partial charge in [-0.25, -0.2) is 28.4 Å². The lowest BCUT2D eigenvalue weighted by molar-refractivity contribution is 0.432. The maximum atomic E-state index is 13.6. The smallest absolute Gasteiger partial charge is 0.223 e. The predicted octanol–water partition coefficient (Wildman–Crippen LogP) is 3.24. The summed E-state index contributed by atoms with van der Waals surface area (Å²) in [5, 5.41) is 15.0. The molecule has 5 rings (SSSR count). The number of hydrogen-bond acceptors (Lipinski definition) is 9. The van der Waals surface area contributed by atoms with E-state index in [0.29, 0.717) is 22.9 Å². The fraction of sp³-hybridized carbons (Fsp3) is 0.211. The second-order valence-electron chi connectivity index (χ2n) is 6.64. The Morgan fingerprint density at radius 1 is 1.27 bits per heavy atom. The molecule has 0 aliphatic carbocycles. The summed E-state index contributed by atoms with van der Waals surface area (Å²) < 4.78 is 21.0. The molecule has 1 aliphatic heterocycles. The van der Waals surface area contributed by atoms with Gasteiger partial charge in [-0.2, -0.15) is 0 Å². The second kappa shape index (κ2) is 8.19. The molecular weight excluding hydrogens is 425 g/mol. The van der Waals surface area contributed by atoms with E-state index in [1.807, 2.05) is 22.0 Å². The third-order valence-corrected chi connectivity index (χ3v) is 6.39. The van der Waals surface area contributed by atoms with Crippen LogP contribution in [0.3, 0.4) is 0 Å². The largest absolute Gasteiger partial charge is 0.505 e. The van der Waals surface area contributed by atoms with Crippen LogP contribution in [0.1, 0.15) is 0 Å². The van der Waals surface area contributed by atoms with Crippen molar-refractivity contribution in [3.63, 3.8) is 0 Å². The minimum absolute atomic E-state index is 0.408. The highest BCUT2D eigenvalue weighted by molar-refractivity contribution is 7.95. The van der Waals surface area contributed by atoms with E-state index in [-0.39, 0.29) is 0 Å². The van der Waals surface area contributed by atoms with Crippen LogP contribution < -0.4 is 10.0 Å². The molecule has 0 radical (unpaired) electrons. The quantitative estimate of drug-likeness (QED) is 0.391. The monoisotopic (exact) mass is 443 g/mol. The number of aromatic hydroxyl groups is 1. The standard InChI is InChI=1S/C19H18FN7OS2/c20-13-2-1-12(11-15(13)28)16-17(27-9-10-29-19(27)25-16)14-3-4-21-18(24-14)22-5-7-26-8-6-23-30-26/h1-4,9-11,23,28H,5-8H2,(H,21,22,24). The molecule has 1 aliphatic rings. The van der Waals surface area contributed by atoms with Crippen molar-refractivity contribution in [1.29, 1.82) is 0 Å². The van der Waals surface area contributed by atoms with Gasteiger partial charge in [-0.3, -0.25) is 4.40 Å². The van der Waals surface area contributed by atoms with Gasteiger partial charge in [0.2, 0.25) is 5.95 Å². The fourth-order valence-corrected chi connectivity index (χ4v) is 4.71. The molecule has 3 N–H and O–H groups in total. The highest BCUT2D eigenvalue weighted by Crippen LogP contribution is 2.35. The number of aromatic nitrogens is 4. The van der Waals surface area contributed by atoms with Gasteiger partial charge in [0, 0.05) is 61.7 Å². The van der Waals surface area contributed by atoms with E-state index in [0.717, 1.165) is 36.8 Å². The Balaban J connectivity index is 1.48. The Hall–Kier alpha value is -2.73. The number of nitrogens with one attached hydrogen (secondary N) is 2. The molecule has 4 heterocycles. The Morgan fingerprint density at radius 2 is 2.20 bits per heavy atom. The SMILES string of the molecule is Oc1cc(-c2nc3sccn3c2-c2ccnc(NCCN3CCNS3)n2)ccc1F. The van der Waals surface area contributed by atoms with Crippen LogP contribution in [0.5, 0.6) is 5.75 Å². The molecule has 1 fully saturated rings. The molecule has 0 amide bonds. The highest BCUT2D eigenvalue weighted by Gasteiger charge is 2.19. The Labute approximate surface area is 180 Å². The van der Waals surface area contributed by atoms with E-state index in [1.165, 1.54) is 23.5 Å². The Morgan fingerprint density at radius 3 is 3.03 bits per heavy atom. The molecule has 8 nitrogen and oxygen atoms in total. The first-order valence-electron chi connectivity index (χ1n) is 9.35. The van der Waals surface area contributed by atoms with Crippen molar-refractivity contribution in [2.24, 2.45) is 0 Å². The van der Waals surface area contributed by atoms with E-state index in [9.17, 15) is 9.50 Å². The molecule has 0 saturated carbocycles. The number of imidazole rings is 1. The van der Waals surface area contributed by atoms with E-state index in [4.69, 9.17) is 0 Å². The van der Waals surface area contributed by atoms with Crippen molar-refractivity contribution in [1.82, 2.24) is 28.4 Å². The Bertz CT molecular complexity index is 1190. The van der Waals surface area contributed by atoms with Crippen molar-refractivity contribution in [3.05, 3.63) is 47.9 Å². The van der Waals surface area contributed by atoms with Gasteiger partial charge in [-0.15, -0.1) is 11.3 Å². The zero-order valence-corrected chi connectivity index (χ0v) is 17.4. The molecule has 1 saturated heterocycles. The van der Waals surface area contributed by atoms with Crippen LogP contribution in [-0.2, 0) is 0 Å². The average molecular weight is 444 g/mol. The summed E-state index contributed by atoms with van der Waals surface area (Å²) >= 11 is 3.12. The van der Waals surface area contributed by atoms with Crippen LogP contribution in [0.2, 0.25) is 0 Å². The minimum atomic E-state index is -0.666. The van der Waals surface area contributed by atoms with Crippen molar-refractivity contribution in [2.75, 3.05) is 31.5 Å². The van der Waals surface area contributed by atoms with Crippen molar-refractivity contribution < 1.29 is 9.50 Å². The number of halogens is 1. The van der Waals surface area contributed by atoms with Gasteiger partial charge in [0.05, 0.1) is 11.4 Å². The van der Waals surface area contributed by atoms with Gasteiger partial charge in [0.15, 0.2) is 16.5 Å². The van der Waals surface area contributed by atoms with Crippen molar-refractivity contribution >= 4 is 34.4 Å². The fourth-order valence-electron chi connectivity index (χ4n) is 3.27. The summed E-state index contributed by atoms with van der Waals surface area (Å²) in [6, 6.07) is 6.04. The molecule has 1 aromatic carbocycles. The maximum Gasteiger partial charge on any atom is 0.223 e. The molecule has 30 heavy (non-hydrogen) atoms. The highest BCUT2D eigenvalue weighted by atomic mass is 32.2. The number of phenolic OH excluding ortho intramolecular Hbond substituents is 1.